The Balaban J connectivity index is 2.52. The zero-order valence-corrected chi connectivity index (χ0v) is 10.1. The Morgan fingerprint density at radius 3 is 2.80 bits per heavy atom. The molecular weight excluding hydrogens is 190 g/mol. The van der Waals surface area contributed by atoms with Gasteiger partial charge in [0.1, 0.15) is 18.1 Å². The molecule has 0 saturated heterocycles. The fraction of sp³-hybridized carbons (Fsp3) is 0.667. The maximum Gasteiger partial charge on any atom is 0.130 e. The van der Waals surface area contributed by atoms with E-state index in [0.717, 1.165) is 24.6 Å². The van der Waals surface area contributed by atoms with E-state index in [-0.39, 0.29) is 6.10 Å². The highest BCUT2D eigenvalue weighted by Crippen LogP contribution is 2.15. The second kappa shape index (κ2) is 5.93. The van der Waals surface area contributed by atoms with E-state index in [1.165, 1.54) is 5.56 Å². The average Bonchev–Trinajstić information content (AvgIpc) is 2.53. The van der Waals surface area contributed by atoms with Crippen LogP contribution in [0.3, 0.4) is 0 Å². The fourth-order valence-electron chi connectivity index (χ4n) is 1.34. The molecule has 0 saturated carbocycles. The Morgan fingerprint density at radius 1 is 1.47 bits per heavy atom. The maximum absolute atomic E-state index is 5.60. The van der Waals surface area contributed by atoms with Gasteiger partial charge in [-0.25, -0.2) is 0 Å². The first-order valence-electron chi connectivity index (χ1n) is 5.54. The molecule has 0 fully saturated rings. The van der Waals surface area contributed by atoms with Crippen molar-refractivity contribution in [1.82, 2.24) is 5.32 Å². The van der Waals surface area contributed by atoms with Gasteiger partial charge >= 0.3 is 0 Å². The first kappa shape index (κ1) is 12.3. The Kier molecular flexibility index (Phi) is 4.85. The summed E-state index contributed by atoms with van der Waals surface area (Å²) in [5.74, 6) is 1.90. The number of furan rings is 1. The third-order valence-corrected chi connectivity index (χ3v) is 2.20. The third-order valence-electron chi connectivity index (χ3n) is 2.20. The van der Waals surface area contributed by atoms with Crippen LogP contribution >= 0.6 is 0 Å². The van der Waals surface area contributed by atoms with Crippen LogP contribution < -0.4 is 5.32 Å². The summed E-state index contributed by atoms with van der Waals surface area (Å²) in [5, 5.41) is 3.28. The van der Waals surface area contributed by atoms with Gasteiger partial charge in [0.15, 0.2) is 0 Å². The Bertz CT molecular complexity index is 292. The van der Waals surface area contributed by atoms with Crippen LogP contribution in [-0.2, 0) is 17.9 Å². The van der Waals surface area contributed by atoms with Crippen molar-refractivity contribution < 1.29 is 9.15 Å². The maximum atomic E-state index is 5.60. The van der Waals surface area contributed by atoms with Gasteiger partial charge in [0.2, 0.25) is 0 Å². The number of hydrogen-bond acceptors (Lipinski definition) is 3. The number of aryl methyl sites for hydroxylation is 1. The number of rotatable bonds is 6. The van der Waals surface area contributed by atoms with Crippen molar-refractivity contribution in [2.45, 2.75) is 47.0 Å². The van der Waals surface area contributed by atoms with E-state index in [1.54, 1.807) is 0 Å². The number of ether oxygens (including phenoxy) is 1. The summed E-state index contributed by atoms with van der Waals surface area (Å²) >= 11 is 0. The van der Waals surface area contributed by atoms with E-state index in [0.29, 0.717) is 6.61 Å². The molecule has 0 atom stereocenters. The fourth-order valence-corrected chi connectivity index (χ4v) is 1.34. The van der Waals surface area contributed by atoms with Crippen LogP contribution in [0, 0.1) is 6.92 Å². The van der Waals surface area contributed by atoms with Gasteiger partial charge in [-0.2, -0.15) is 0 Å². The summed E-state index contributed by atoms with van der Waals surface area (Å²) in [6, 6.07) is 2.07. The van der Waals surface area contributed by atoms with E-state index >= 15 is 0 Å². The summed E-state index contributed by atoms with van der Waals surface area (Å²) in [7, 11) is 0. The second-order valence-corrected chi connectivity index (χ2v) is 3.93. The standard InChI is InChI=1S/C12H21NO2/c1-5-13-7-11-6-12(15-10(11)4)8-14-9(2)3/h6,9,13H,5,7-8H2,1-4H3. The molecule has 0 aliphatic carbocycles. The van der Waals surface area contributed by atoms with Gasteiger partial charge in [0.25, 0.3) is 0 Å². The number of hydrogen-bond donors (Lipinski definition) is 1. The summed E-state index contributed by atoms with van der Waals surface area (Å²) in [6.45, 7) is 10.5. The van der Waals surface area contributed by atoms with Gasteiger partial charge in [-0.05, 0) is 33.4 Å². The number of nitrogens with one attached hydrogen (secondary N) is 1. The smallest absolute Gasteiger partial charge is 0.130 e. The van der Waals surface area contributed by atoms with Crippen LogP contribution in [0.1, 0.15) is 37.9 Å². The summed E-state index contributed by atoms with van der Waals surface area (Å²) in [4.78, 5) is 0. The molecule has 0 radical (unpaired) electrons. The lowest BCUT2D eigenvalue weighted by atomic mass is 10.2. The van der Waals surface area contributed by atoms with Gasteiger partial charge in [-0.3, -0.25) is 0 Å². The normalized spacial score (nSPS) is 11.3. The van der Waals surface area contributed by atoms with E-state index in [1.807, 2.05) is 20.8 Å². The van der Waals surface area contributed by atoms with Gasteiger partial charge in [0, 0.05) is 12.1 Å². The molecule has 0 amide bonds. The molecule has 15 heavy (non-hydrogen) atoms. The first-order chi connectivity index (χ1) is 7.13. The average molecular weight is 211 g/mol. The third kappa shape index (κ3) is 4.06. The van der Waals surface area contributed by atoms with E-state index < -0.39 is 0 Å². The van der Waals surface area contributed by atoms with Crippen molar-refractivity contribution in [2.24, 2.45) is 0 Å². The van der Waals surface area contributed by atoms with Gasteiger partial charge in [-0.1, -0.05) is 6.92 Å². The Hall–Kier alpha value is -0.800. The van der Waals surface area contributed by atoms with Crippen LogP contribution in [-0.4, -0.2) is 12.6 Å². The zero-order chi connectivity index (χ0) is 11.3. The predicted molar refractivity (Wildman–Crippen MR) is 60.8 cm³/mol. The van der Waals surface area contributed by atoms with Crippen molar-refractivity contribution >= 4 is 0 Å². The molecular formula is C12H21NO2. The molecule has 3 nitrogen and oxygen atoms in total. The van der Waals surface area contributed by atoms with Crippen LogP contribution in [0.25, 0.3) is 0 Å². The molecule has 0 aliphatic heterocycles. The predicted octanol–water partition coefficient (Wildman–Crippen LogP) is 2.62. The Morgan fingerprint density at radius 2 is 2.20 bits per heavy atom. The molecule has 0 aromatic carbocycles. The lowest BCUT2D eigenvalue weighted by Crippen LogP contribution is -2.11. The molecule has 3 heteroatoms. The minimum absolute atomic E-state index is 0.243. The minimum Gasteiger partial charge on any atom is -0.464 e. The highest BCUT2D eigenvalue weighted by Gasteiger charge is 2.07. The van der Waals surface area contributed by atoms with Gasteiger partial charge in [-0.15, -0.1) is 0 Å². The molecule has 1 N–H and O–H groups in total. The van der Waals surface area contributed by atoms with E-state index in [2.05, 4.69) is 18.3 Å². The molecule has 1 aromatic rings. The largest absolute Gasteiger partial charge is 0.464 e. The van der Waals surface area contributed by atoms with Crippen molar-refractivity contribution in [3.05, 3.63) is 23.2 Å². The topological polar surface area (TPSA) is 34.4 Å². The van der Waals surface area contributed by atoms with Crippen molar-refractivity contribution in [1.29, 1.82) is 0 Å². The quantitative estimate of drug-likeness (QED) is 0.785. The highest BCUT2D eigenvalue weighted by molar-refractivity contribution is 5.20. The lowest BCUT2D eigenvalue weighted by molar-refractivity contribution is 0.0541. The molecule has 1 aromatic heterocycles. The zero-order valence-electron chi connectivity index (χ0n) is 10.1. The summed E-state index contributed by atoms with van der Waals surface area (Å²) in [5.41, 5.74) is 1.22. The Labute approximate surface area is 91.8 Å². The minimum atomic E-state index is 0.243. The van der Waals surface area contributed by atoms with Gasteiger partial charge in [0.05, 0.1) is 6.10 Å². The first-order valence-corrected chi connectivity index (χ1v) is 5.54. The van der Waals surface area contributed by atoms with E-state index in [4.69, 9.17) is 9.15 Å². The summed E-state index contributed by atoms with van der Waals surface area (Å²) < 4.78 is 11.1. The molecule has 0 spiro atoms. The van der Waals surface area contributed by atoms with Crippen molar-refractivity contribution in [3.8, 4) is 0 Å². The highest BCUT2D eigenvalue weighted by atomic mass is 16.5. The molecule has 1 heterocycles. The molecule has 0 aliphatic rings. The van der Waals surface area contributed by atoms with Crippen LogP contribution in [0.5, 0.6) is 0 Å². The summed E-state index contributed by atoms with van der Waals surface area (Å²) in [6.07, 6.45) is 0.243. The molecule has 0 unspecified atom stereocenters. The SMILES string of the molecule is CCNCc1cc(COC(C)C)oc1C. The van der Waals surface area contributed by atoms with Crippen LogP contribution in [0.2, 0.25) is 0 Å². The van der Waals surface area contributed by atoms with E-state index in [9.17, 15) is 0 Å². The van der Waals surface area contributed by atoms with Crippen LogP contribution in [0.4, 0.5) is 0 Å². The van der Waals surface area contributed by atoms with Crippen molar-refractivity contribution in [3.63, 3.8) is 0 Å². The second-order valence-electron chi connectivity index (χ2n) is 3.93. The lowest BCUT2D eigenvalue weighted by Gasteiger charge is -2.03. The molecule has 86 valence electrons. The monoisotopic (exact) mass is 211 g/mol. The molecule has 0 bridgehead atoms. The molecule has 1 rings (SSSR count). The van der Waals surface area contributed by atoms with Crippen LogP contribution in [0.15, 0.2) is 10.5 Å². The van der Waals surface area contributed by atoms with Crippen molar-refractivity contribution in [2.75, 3.05) is 6.54 Å². The van der Waals surface area contributed by atoms with Gasteiger partial charge < -0.3 is 14.5 Å².